The largest absolute Gasteiger partial charge is 0.416 e. The topological polar surface area (TPSA) is 69.9 Å². The Morgan fingerprint density at radius 3 is 2.10 bits per heavy atom. The number of imidazole rings is 1. The summed E-state index contributed by atoms with van der Waals surface area (Å²) in [5.74, 6) is 6.66. The van der Waals surface area contributed by atoms with Gasteiger partial charge in [-0.2, -0.15) is 13.2 Å². The van der Waals surface area contributed by atoms with Gasteiger partial charge in [0.1, 0.15) is 11.5 Å². The van der Waals surface area contributed by atoms with E-state index in [1.54, 1.807) is 0 Å². The minimum atomic E-state index is -4.36. The summed E-state index contributed by atoms with van der Waals surface area (Å²) in [6.07, 6.45) is -4.36. The minimum Gasteiger partial charge on any atom is -0.382 e. The molecule has 7 heteroatoms. The van der Waals surface area contributed by atoms with Gasteiger partial charge in [-0.1, -0.05) is 26.0 Å². The van der Waals surface area contributed by atoms with Crippen molar-refractivity contribution in [3.63, 3.8) is 0 Å². The number of hydrogen-bond acceptors (Lipinski definition) is 3. The maximum Gasteiger partial charge on any atom is 0.416 e. The molecule has 1 aromatic heterocycles. The van der Waals surface area contributed by atoms with Crippen LogP contribution in [0.25, 0.3) is 11.3 Å². The van der Waals surface area contributed by atoms with Gasteiger partial charge < -0.3 is 11.6 Å². The number of hydrogen-bond donors (Lipinski definition) is 2. The lowest BCUT2D eigenvalue weighted by Crippen LogP contribution is -2.16. The third kappa shape index (κ3) is 2.43. The average Bonchev–Trinajstić information content (AvgIpc) is 2.66. The Labute approximate surface area is 114 Å². The lowest BCUT2D eigenvalue weighted by molar-refractivity contribution is -0.137. The molecule has 0 fully saturated rings. The van der Waals surface area contributed by atoms with Crippen LogP contribution in [0, 0.1) is 0 Å². The number of alkyl halides is 3. The van der Waals surface area contributed by atoms with Crippen LogP contribution in [0.3, 0.4) is 0 Å². The molecule has 0 aliphatic heterocycles. The number of nitrogens with zero attached hydrogens (tertiary/aromatic N) is 2. The first-order chi connectivity index (χ1) is 9.21. The molecular formula is C13H15F3N4. The van der Waals surface area contributed by atoms with Crippen LogP contribution in [0.2, 0.25) is 0 Å². The summed E-state index contributed by atoms with van der Waals surface area (Å²) in [5, 5.41) is 0. The van der Waals surface area contributed by atoms with Gasteiger partial charge in [-0.3, -0.25) is 0 Å². The van der Waals surface area contributed by atoms with Crippen molar-refractivity contribution in [1.29, 1.82) is 0 Å². The predicted molar refractivity (Wildman–Crippen MR) is 71.3 cm³/mol. The number of aromatic nitrogens is 2. The van der Waals surface area contributed by atoms with Crippen molar-refractivity contribution in [2.24, 2.45) is 0 Å². The quantitative estimate of drug-likeness (QED) is 0.833. The van der Waals surface area contributed by atoms with E-state index in [-0.39, 0.29) is 11.7 Å². The van der Waals surface area contributed by atoms with Gasteiger partial charge in [0.15, 0.2) is 5.82 Å². The maximum atomic E-state index is 12.5. The normalized spacial score (nSPS) is 12.1. The van der Waals surface area contributed by atoms with Crippen LogP contribution in [0.15, 0.2) is 24.3 Å². The molecule has 2 rings (SSSR count). The highest BCUT2D eigenvalue weighted by atomic mass is 19.4. The molecule has 0 saturated carbocycles. The molecule has 108 valence electrons. The molecule has 0 amide bonds. The maximum absolute atomic E-state index is 12.5. The minimum absolute atomic E-state index is 0.0606. The van der Waals surface area contributed by atoms with Crippen molar-refractivity contribution in [3.8, 4) is 11.3 Å². The first-order valence-electron chi connectivity index (χ1n) is 6.02. The van der Waals surface area contributed by atoms with Gasteiger partial charge in [-0.05, 0) is 12.1 Å². The van der Waals surface area contributed by atoms with E-state index in [4.69, 9.17) is 11.6 Å². The van der Waals surface area contributed by atoms with Gasteiger partial charge in [0.25, 0.3) is 0 Å². The SMILES string of the molecule is CC(C)c1nc(-c2ccc(C(F)(F)F)cc2)c(N)n1N. The molecule has 0 saturated heterocycles. The van der Waals surface area contributed by atoms with Gasteiger partial charge in [0.2, 0.25) is 0 Å². The van der Waals surface area contributed by atoms with E-state index in [2.05, 4.69) is 4.98 Å². The summed E-state index contributed by atoms with van der Waals surface area (Å²) in [5.41, 5.74) is 6.03. The number of nitrogen functional groups attached to an aromatic ring is 2. The molecule has 0 bridgehead atoms. The van der Waals surface area contributed by atoms with Crippen molar-refractivity contribution >= 4 is 5.82 Å². The average molecular weight is 284 g/mol. The summed E-state index contributed by atoms with van der Waals surface area (Å²) in [4.78, 5) is 4.30. The zero-order valence-electron chi connectivity index (χ0n) is 11.1. The Bertz CT molecular complexity index is 612. The molecule has 0 aliphatic rings. The molecule has 1 aromatic carbocycles. The molecule has 0 radical (unpaired) electrons. The van der Waals surface area contributed by atoms with E-state index < -0.39 is 11.7 Å². The summed E-state index contributed by atoms with van der Waals surface area (Å²) in [6, 6.07) is 4.68. The van der Waals surface area contributed by atoms with Gasteiger partial charge >= 0.3 is 6.18 Å². The van der Waals surface area contributed by atoms with E-state index in [0.717, 1.165) is 12.1 Å². The Hall–Kier alpha value is -2.18. The lowest BCUT2D eigenvalue weighted by Gasteiger charge is -2.07. The fourth-order valence-electron chi connectivity index (χ4n) is 1.90. The van der Waals surface area contributed by atoms with E-state index in [1.807, 2.05) is 13.8 Å². The van der Waals surface area contributed by atoms with E-state index in [9.17, 15) is 13.2 Å². The van der Waals surface area contributed by atoms with Crippen LogP contribution in [-0.4, -0.2) is 9.66 Å². The number of halogens is 3. The van der Waals surface area contributed by atoms with Crippen LogP contribution in [0.5, 0.6) is 0 Å². The molecule has 0 unspecified atom stereocenters. The zero-order valence-corrected chi connectivity index (χ0v) is 11.1. The smallest absolute Gasteiger partial charge is 0.382 e. The number of benzene rings is 1. The number of rotatable bonds is 2. The van der Waals surface area contributed by atoms with Crippen molar-refractivity contribution in [2.45, 2.75) is 25.9 Å². The third-order valence-corrected chi connectivity index (χ3v) is 2.98. The van der Waals surface area contributed by atoms with Crippen LogP contribution >= 0.6 is 0 Å². The van der Waals surface area contributed by atoms with E-state index in [0.29, 0.717) is 17.1 Å². The monoisotopic (exact) mass is 284 g/mol. The first kappa shape index (κ1) is 14.2. The first-order valence-corrected chi connectivity index (χ1v) is 6.02. The van der Waals surface area contributed by atoms with Crippen LogP contribution in [0.4, 0.5) is 19.0 Å². The molecule has 0 aliphatic carbocycles. The predicted octanol–water partition coefficient (Wildman–Crippen LogP) is 2.99. The highest BCUT2D eigenvalue weighted by molar-refractivity contribution is 5.71. The molecule has 0 atom stereocenters. The molecule has 20 heavy (non-hydrogen) atoms. The second kappa shape index (κ2) is 4.73. The second-order valence-electron chi connectivity index (χ2n) is 4.80. The van der Waals surface area contributed by atoms with Crippen LogP contribution < -0.4 is 11.6 Å². The second-order valence-corrected chi connectivity index (χ2v) is 4.80. The Morgan fingerprint density at radius 1 is 1.15 bits per heavy atom. The Kier molecular flexibility index (Phi) is 3.37. The van der Waals surface area contributed by atoms with Crippen LogP contribution in [-0.2, 0) is 6.18 Å². The van der Waals surface area contributed by atoms with E-state index in [1.165, 1.54) is 16.8 Å². The Morgan fingerprint density at radius 2 is 1.70 bits per heavy atom. The highest BCUT2D eigenvalue weighted by Crippen LogP contribution is 2.32. The molecule has 4 nitrogen and oxygen atoms in total. The molecule has 1 heterocycles. The standard InChI is InChI=1S/C13H15F3N4/c1-7(2)12-19-10(11(17)20(12)18)8-3-5-9(6-4-8)13(14,15)16/h3-7H,17-18H2,1-2H3. The molecular weight excluding hydrogens is 269 g/mol. The summed E-state index contributed by atoms with van der Waals surface area (Å²) in [7, 11) is 0. The van der Waals surface area contributed by atoms with Crippen molar-refractivity contribution in [1.82, 2.24) is 9.66 Å². The van der Waals surface area contributed by atoms with Gasteiger partial charge in [0, 0.05) is 11.5 Å². The van der Waals surface area contributed by atoms with Crippen molar-refractivity contribution in [2.75, 3.05) is 11.6 Å². The summed E-state index contributed by atoms with van der Waals surface area (Å²) >= 11 is 0. The lowest BCUT2D eigenvalue weighted by atomic mass is 10.1. The third-order valence-electron chi connectivity index (χ3n) is 2.98. The molecule has 0 spiro atoms. The van der Waals surface area contributed by atoms with Crippen molar-refractivity contribution in [3.05, 3.63) is 35.7 Å². The van der Waals surface area contributed by atoms with Crippen LogP contribution in [0.1, 0.15) is 31.2 Å². The van der Waals surface area contributed by atoms with Gasteiger partial charge in [-0.15, -0.1) is 0 Å². The fraction of sp³-hybridized carbons (Fsp3) is 0.308. The van der Waals surface area contributed by atoms with Crippen molar-refractivity contribution < 1.29 is 13.2 Å². The van der Waals surface area contributed by atoms with Gasteiger partial charge in [-0.25, -0.2) is 9.66 Å². The molecule has 2 aromatic rings. The zero-order chi connectivity index (χ0) is 15.1. The summed E-state index contributed by atoms with van der Waals surface area (Å²) < 4.78 is 38.8. The van der Waals surface area contributed by atoms with E-state index >= 15 is 0 Å². The summed E-state index contributed by atoms with van der Waals surface area (Å²) in [6.45, 7) is 3.81. The van der Waals surface area contributed by atoms with Gasteiger partial charge in [0.05, 0.1) is 5.56 Å². The number of anilines is 1. The fourth-order valence-corrected chi connectivity index (χ4v) is 1.90. The molecule has 4 N–H and O–H groups in total. The number of nitrogens with two attached hydrogens (primary N) is 2. The highest BCUT2D eigenvalue weighted by Gasteiger charge is 2.30. The Balaban J connectivity index is 2.45.